The lowest BCUT2D eigenvalue weighted by Crippen LogP contribution is -2.39. The van der Waals surface area contributed by atoms with Gasteiger partial charge in [0.25, 0.3) is 0 Å². The van der Waals surface area contributed by atoms with E-state index in [0.717, 1.165) is 41.4 Å². The number of rotatable bonds is 7. The van der Waals surface area contributed by atoms with E-state index in [4.69, 9.17) is 9.47 Å². The lowest BCUT2D eigenvalue weighted by molar-refractivity contribution is -0.0138. The number of nitriles is 1. The number of aromatic amines is 1. The molecule has 0 amide bonds. The zero-order valence-corrected chi connectivity index (χ0v) is 18.3. The average Bonchev–Trinajstić information content (AvgIpc) is 3.30. The van der Waals surface area contributed by atoms with Gasteiger partial charge in [0, 0.05) is 49.0 Å². The third kappa shape index (κ3) is 4.20. The fourth-order valence-corrected chi connectivity index (χ4v) is 4.66. The monoisotopic (exact) mass is 433 g/mol. The maximum atomic E-state index is 11.3. The molecule has 1 saturated heterocycles. The van der Waals surface area contributed by atoms with E-state index in [1.54, 1.807) is 25.3 Å². The molecule has 166 valence electrons. The smallest absolute Gasteiger partial charge is 0.335 e. The molecule has 0 bridgehead atoms. The van der Waals surface area contributed by atoms with Crippen LogP contribution >= 0.6 is 0 Å². The number of carboxylic acid groups (broad SMARTS) is 1. The number of hydrogen-bond donors (Lipinski definition) is 2. The first-order valence-corrected chi connectivity index (χ1v) is 10.8. The van der Waals surface area contributed by atoms with Gasteiger partial charge in [-0.25, -0.2) is 4.79 Å². The van der Waals surface area contributed by atoms with Crippen molar-refractivity contribution in [2.24, 2.45) is 0 Å². The molecule has 7 nitrogen and oxygen atoms in total. The first-order valence-electron chi connectivity index (χ1n) is 10.8. The van der Waals surface area contributed by atoms with Crippen molar-refractivity contribution < 1.29 is 19.4 Å². The standard InChI is InChI=1S/C25H27N3O4/c1-3-32-19-9-11-28(22(13-19)16-4-6-17(7-5-16)25(29)30)15-21-20-8-10-27-24(20)18(14-26)12-23(21)31-2/h4-8,10,12,19,22,27H,3,9,11,13,15H2,1-2H3,(H,29,30)/t19-,22-/m1/s1. The summed E-state index contributed by atoms with van der Waals surface area (Å²) in [5.74, 6) is -0.234. The minimum Gasteiger partial charge on any atom is -0.496 e. The maximum absolute atomic E-state index is 11.3. The Hall–Kier alpha value is -3.34. The third-order valence-electron chi connectivity index (χ3n) is 6.23. The summed E-state index contributed by atoms with van der Waals surface area (Å²) >= 11 is 0. The SMILES string of the molecule is CCO[C@@H]1CCN(Cc2c(OC)cc(C#N)c3[nH]ccc23)[C@@H](c2ccc(C(=O)O)cc2)C1. The Morgan fingerprint density at radius 3 is 2.75 bits per heavy atom. The number of aromatic carboxylic acids is 1. The van der Waals surface area contributed by atoms with Gasteiger partial charge in [-0.15, -0.1) is 0 Å². The number of carbonyl (C=O) groups is 1. The predicted molar refractivity (Wildman–Crippen MR) is 121 cm³/mol. The van der Waals surface area contributed by atoms with E-state index in [9.17, 15) is 15.2 Å². The largest absolute Gasteiger partial charge is 0.496 e. The molecule has 0 unspecified atom stereocenters. The normalized spacial score (nSPS) is 19.0. The minimum atomic E-state index is -0.929. The van der Waals surface area contributed by atoms with E-state index in [0.29, 0.717) is 24.5 Å². The number of methoxy groups -OCH3 is 1. The van der Waals surface area contributed by atoms with Gasteiger partial charge >= 0.3 is 5.97 Å². The van der Waals surface area contributed by atoms with Crippen molar-refractivity contribution in [2.75, 3.05) is 20.3 Å². The second-order valence-electron chi connectivity index (χ2n) is 8.00. The molecular weight excluding hydrogens is 406 g/mol. The molecule has 2 N–H and O–H groups in total. The van der Waals surface area contributed by atoms with E-state index >= 15 is 0 Å². The molecule has 4 rings (SSSR count). The van der Waals surface area contributed by atoms with Gasteiger partial charge in [0.1, 0.15) is 11.8 Å². The van der Waals surface area contributed by atoms with Crippen LogP contribution in [0.25, 0.3) is 10.9 Å². The van der Waals surface area contributed by atoms with Crippen molar-refractivity contribution in [3.05, 3.63) is 64.8 Å². The quantitative estimate of drug-likeness (QED) is 0.570. The molecule has 1 aromatic heterocycles. The number of nitrogens with one attached hydrogen (secondary N) is 1. The highest BCUT2D eigenvalue weighted by atomic mass is 16.5. The molecule has 2 aromatic carbocycles. The fourth-order valence-electron chi connectivity index (χ4n) is 4.66. The second-order valence-corrected chi connectivity index (χ2v) is 8.00. The Balaban J connectivity index is 1.70. The third-order valence-corrected chi connectivity index (χ3v) is 6.23. The maximum Gasteiger partial charge on any atom is 0.335 e. The summed E-state index contributed by atoms with van der Waals surface area (Å²) in [7, 11) is 1.63. The number of piperidine rings is 1. The lowest BCUT2D eigenvalue weighted by atomic mass is 9.91. The van der Waals surface area contributed by atoms with E-state index < -0.39 is 5.97 Å². The number of fused-ring (bicyclic) bond motifs is 1. The highest BCUT2D eigenvalue weighted by molar-refractivity contribution is 5.90. The van der Waals surface area contributed by atoms with Crippen LogP contribution in [-0.4, -0.2) is 47.3 Å². The van der Waals surface area contributed by atoms with Gasteiger partial charge < -0.3 is 19.6 Å². The highest BCUT2D eigenvalue weighted by Crippen LogP contribution is 2.38. The van der Waals surface area contributed by atoms with Crippen molar-refractivity contribution >= 4 is 16.9 Å². The second kappa shape index (κ2) is 9.43. The molecule has 0 spiro atoms. The molecule has 1 aliphatic heterocycles. The summed E-state index contributed by atoms with van der Waals surface area (Å²) in [6.45, 7) is 4.16. The summed E-state index contributed by atoms with van der Waals surface area (Å²) in [5, 5.41) is 19.8. The van der Waals surface area contributed by atoms with E-state index in [2.05, 4.69) is 16.0 Å². The van der Waals surface area contributed by atoms with Gasteiger partial charge in [-0.1, -0.05) is 12.1 Å². The Labute approximate surface area is 187 Å². The number of ether oxygens (including phenoxy) is 2. The minimum absolute atomic E-state index is 0.0810. The number of hydrogen-bond acceptors (Lipinski definition) is 5. The Morgan fingerprint density at radius 1 is 1.31 bits per heavy atom. The zero-order chi connectivity index (χ0) is 22.7. The summed E-state index contributed by atoms with van der Waals surface area (Å²) in [6.07, 6.45) is 3.76. The topological polar surface area (TPSA) is 98.6 Å². The van der Waals surface area contributed by atoms with E-state index in [-0.39, 0.29) is 17.7 Å². The molecular formula is C25H27N3O4. The van der Waals surface area contributed by atoms with Crippen LogP contribution in [0.15, 0.2) is 42.6 Å². The van der Waals surface area contributed by atoms with Crippen LogP contribution in [0, 0.1) is 11.3 Å². The molecule has 1 aliphatic rings. The zero-order valence-electron chi connectivity index (χ0n) is 18.3. The summed E-state index contributed by atoms with van der Waals surface area (Å²) < 4.78 is 11.6. The van der Waals surface area contributed by atoms with Crippen LogP contribution in [0.2, 0.25) is 0 Å². The van der Waals surface area contributed by atoms with Crippen molar-refractivity contribution in [2.45, 2.75) is 38.5 Å². The van der Waals surface area contributed by atoms with Gasteiger partial charge in [-0.2, -0.15) is 5.26 Å². The molecule has 0 radical (unpaired) electrons. The van der Waals surface area contributed by atoms with Crippen molar-refractivity contribution in [3.8, 4) is 11.8 Å². The van der Waals surface area contributed by atoms with Crippen molar-refractivity contribution in [1.29, 1.82) is 5.26 Å². The van der Waals surface area contributed by atoms with Gasteiger partial charge in [-0.05, 0) is 43.5 Å². The van der Waals surface area contributed by atoms with Gasteiger partial charge in [0.2, 0.25) is 0 Å². The molecule has 32 heavy (non-hydrogen) atoms. The number of benzene rings is 2. The molecule has 3 aromatic rings. The van der Waals surface area contributed by atoms with Crippen LogP contribution in [0.3, 0.4) is 0 Å². The Kier molecular flexibility index (Phi) is 6.45. The van der Waals surface area contributed by atoms with Crippen LogP contribution in [0.5, 0.6) is 5.75 Å². The molecule has 7 heteroatoms. The number of H-pyrrole nitrogens is 1. The molecule has 2 heterocycles. The Morgan fingerprint density at radius 2 is 2.09 bits per heavy atom. The molecule has 1 fully saturated rings. The number of nitrogens with zero attached hydrogens (tertiary/aromatic N) is 2. The summed E-state index contributed by atoms with van der Waals surface area (Å²) in [6, 6.07) is 13.2. The molecule has 0 saturated carbocycles. The Bertz CT molecular complexity index is 1150. The number of aromatic nitrogens is 1. The first kappa shape index (κ1) is 21.9. The van der Waals surface area contributed by atoms with Crippen LogP contribution in [0.1, 0.15) is 52.9 Å². The van der Waals surface area contributed by atoms with Crippen molar-refractivity contribution in [3.63, 3.8) is 0 Å². The highest BCUT2D eigenvalue weighted by Gasteiger charge is 2.31. The first-order chi connectivity index (χ1) is 15.5. The average molecular weight is 434 g/mol. The van der Waals surface area contributed by atoms with Gasteiger partial charge in [0.05, 0.1) is 29.9 Å². The fraction of sp³-hybridized carbons (Fsp3) is 0.360. The van der Waals surface area contributed by atoms with Crippen LogP contribution in [0.4, 0.5) is 0 Å². The van der Waals surface area contributed by atoms with E-state index in [1.165, 1.54) is 0 Å². The number of carboxylic acids is 1. The van der Waals surface area contributed by atoms with Crippen LogP contribution < -0.4 is 4.74 Å². The van der Waals surface area contributed by atoms with Gasteiger partial charge in [-0.3, -0.25) is 4.90 Å². The predicted octanol–water partition coefficient (Wildman–Crippen LogP) is 4.49. The van der Waals surface area contributed by atoms with Crippen molar-refractivity contribution in [1.82, 2.24) is 9.88 Å². The van der Waals surface area contributed by atoms with Crippen LogP contribution in [-0.2, 0) is 11.3 Å². The number of likely N-dealkylation sites (tertiary alicyclic amines) is 1. The summed E-state index contributed by atoms with van der Waals surface area (Å²) in [5.41, 5.74) is 3.75. The van der Waals surface area contributed by atoms with E-state index in [1.807, 2.05) is 31.3 Å². The molecule has 2 atom stereocenters. The molecule has 0 aliphatic carbocycles. The summed E-state index contributed by atoms with van der Waals surface area (Å²) in [4.78, 5) is 16.9. The van der Waals surface area contributed by atoms with Gasteiger partial charge in [0.15, 0.2) is 0 Å². The lowest BCUT2D eigenvalue weighted by Gasteiger charge is -2.40.